The topological polar surface area (TPSA) is 49.4 Å². The lowest BCUT2D eigenvalue weighted by molar-refractivity contribution is -0.129. The number of hydrogen-bond donors (Lipinski definition) is 1. The van der Waals surface area contributed by atoms with E-state index in [1.54, 1.807) is 6.92 Å². The summed E-state index contributed by atoms with van der Waals surface area (Å²) in [6, 6.07) is 4.49. The third-order valence-corrected chi connectivity index (χ3v) is 3.91. The molecule has 4 heteroatoms. The molecule has 2 amide bonds. The maximum atomic E-state index is 12.1. The molecule has 0 bridgehead atoms. The number of rotatable bonds is 5. The van der Waals surface area contributed by atoms with Crippen LogP contribution < -0.4 is 5.32 Å². The van der Waals surface area contributed by atoms with Crippen molar-refractivity contribution in [3.8, 4) is 0 Å². The lowest BCUT2D eigenvalue weighted by Crippen LogP contribution is -2.33. The van der Waals surface area contributed by atoms with Crippen LogP contribution in [0.1, 0.15) is 42.9 Å². The van der Waals surface area contributed by atoms with Crippen LogP contribution in [-0.2, 0) is 9.59 Å². The van der Waals surface area contributed by atoms with Gasteiger partial charge in [0.25, 0.3) is 0 Å². The van der Waals surface area contributed by atoms with Crippen molar-refractivity contribution in [2.45, 2.75) is 53.0 Å². The maximum absolute atomic E-state index is 12.1. The monoisotopic (exact) mass is 288 g/mol. The smallest absolute Gasteiger partial charge is 0.226 e. The molecule has 1 fully saturated rings. The molecule has 0 radical (unpaired) electrons. The molecule has 2 rings (SSSR count). The standard InChI is InChI=1S/C17H24N2O2/c1-11-9-12(2)17(13(3)10-11)18-16(21)7-8-19(14(4)20)15-5-6-15/h9-10,15H,5-8H2,1-4H3,(H,18,21). The zero-order chi connectivity index (χ0) is 15.6. The fourth-order valence-electron chi connectivity index (χ4n) is 2.78. The van der Waals surface area contributed by atoms with E-state index in [1.165, 1.54) is 5.56 Å². The molecule has 21 heavy (non-hydrogen) atoms. The highest BCUT2D eigenvalue weighted by molar-refractivity contribution is 5.92. The summed E-state index contributed by atoms with van der Waals surface area (Å²) in [6.07, 6.45) is 2.48. The molecule has 0 aromatic heterocycles. The highest BCUT2D eigenvalue weighted by atomic mass is 16.2. The number of benzene rings is 1. The minimum atomic E-state index is -0.0306. The number of amides is 2. The Morgan fingerprint density at radius 2 is 1.76 bits per heavy atom. The molecule has 1 aromatic carbocycles. The van der Waals surface area contributed by atoms with Gasteiger partial charge in [-0.25, -0.2) is 0 Å². The average Bonchev–Trinajstić information content (AvgIpc) is 3.18. The van der Waals surface area contributed by atoms with Crippen LogP contribution in [0.5, 0.6) is 0 Å². The molecule has 0 saturated heterocycles. The highest BCUT2D eigenvalue weighted by Gasteiger charge is 2.30. The number of hydrogen-bond acceptors (Lipinski definition) is 2. The van der Waals surface area contributed by atoms with Gasteiger partial charge >= 0.3 is 0 Å². The zero-order valence-electron chi connectivity index (χ0n) is 13.3. The van der Waals surface area contributed by atoms with Gasteiger partial charge in [0.2, 0.25) is 11.8 Å². The summed E-state index contributed by atoms with van der Waals surface area (Å²) in [6.45, 7) is 8.13. The van der Waals surface area contributed by atoms with E-state index in [9.17, 15) is 9.59 Å². The van der Waals surface area contributed by atoms with Gasteiger partial charge in [-0.05, 0) is 44.7 Å². The van der Waals surface area contributed by atoms with E-state index in [1.807, 2.05) is 25.7 Å². The second-order valence-electron chi connectivity index (χ2n) is 6.02. The van der Waals surface area contributed by atoms with Gasteiger partial charge in [-0.2, -0.15) is 0 Å². The number of carbonyl (C=O) groups excluding carboxylic acids is 2. The third-order valence-electron chi connectivity index (χ3n) is 3.91. The fraction of sp³-hybridized carbons (Fsp3) is 0.529. The second-order valence-corrected chi connectivity index (χ2v) is 6.02. The van der Waals surface area contributed by atoms with E-state index in [2.05, 4.69) is 17.4 Å². The van der Waals surface area contributed by atoms with Crippen LogP contribution in [0.15, 0.2) is 12.1 Å². The Kier molecular flexibility index (Phi) is 4.66. The Bertz CT molecular complexity index is 539. The van der Waals surface area contributed by atoms with Gasteiger partial charge in [0.15, 0.2) is 0 Å². The molecule has 4 nitrogen and oxygen atoms in total. The van der Waals surface area contributed by atoms with Crippen molar-refractivity contribution in [3.05, 3.63) is 28.8 Å². The van der Waals surface area contributed by atoms with Crippen LogP contribution in [0.25, 0.3) is 0 Å². The quantitative estimate of drug-likeness (QED) is 0.905. The Hall–Kier alpha value is -1.84. The predicted octanol–water partition coefficient (Wildman–Crippen LogP) is 2.95. The van der Waals surface area contributed by atoms with Crippen molar-refractivity contribution >= 4 is 17.5 Å². The van der Waals surface area contributed by atoms with Crippen LogP contribution in [-0.4, -0.2) is 29.3 Å². The molecule has 0 atom stereocenters. The summed E-state index contributed by atoms with van der Waals surface area (Å²) in [5, 5.41) is 2.98. The molecule has 0 aliphatic heterocycles. The van der Waals surface area contributed by atoms with Gasteiger partial charge in [0, 0.05) is 31.6 Å². The molecular weight excluding hydrogens is 264 g/mol. The second kappa shape index (κ2) is 6.29. The van der Waals surface area contributed by atoms with E-state index in [4.69, 9.17) is 0 Å². The Morgan fingerprint density at radius 1 is 1.19 bits per heavy atom. The predicted molar refractivity (Wildman–Crippen MR) is 84.3 cm³/mol. The van der Waals surface area contributed by atoms with E-state index in [-0.39, 0.29) is 11.8 Å². The van der Waals surface area contributed by atoms with Crippen molar-refractivity contribution in [1.29, 1.82) is 0 Å². The van der Waals surface area contributed by atoms with Gasteiger partial charge in [-0.15, -0.1) is 0 Å². The van der Waals surface area contributed by atoms with E-state index < -0.39 is 0 Å². The van der Waals surface area contributed by atoms with Crippen LogP contribution in [0.2, 0.25) is 0 Å². The summed E-state index contributed by atoms with van der Waals surface area (Å²) in [5.74, 6) is 0.0324. The maximum Gasteiger partial charge on any atom is 0.226 e. The van der Waals surface area contributed by atoms with E-state index >= 15 is 0 Å². The SMILES string of the molecule is CC(=O)N(CCC(=O)Nc1c(C)cc(C)cc1C)C1CC1. The Balaban J connectivity index is 1.94. The number of nitrogens with one attached hydrogen (secondary N) is 1. The Labute approximate surface area is 126 Å². The van der Waals surface area contributed by atoms with Gasteiger partial charge < -0.3 is 10.2 Å². The van der Waals surface area contributed by atoms with Crippen LogP contribution >= 0.6 is 0 Å². The molecule has 1 aliphatic rings. The van der Waals surface area contributed by atoms with Crippen molar-refractivity contribution < 1.29 is 9.59 Å². The van der Waals surface area contributed by atoms with Crippen molar-refractivity contribution in [1.82, 2.24) is 4.90 Å². The highest BCUT2D eigenvalue weighted by Crippen LogP contribution is 2.27. The third kappa shape index (κ3) is 4.06. The van der Waals surface area contributed by atoms with Gasteiger partial charge in [-0.1, -0.05) is 17.7 Å². The van der Waals surface area contributed by atoms with Crippen LogP contribution in [0.4, 0.5) is 5.69 Å². The van der Waals surface area contributed by atoms with Crippen molar-refractivity contribution in [3.63, 3.8) is 0 Å². The zero-order valence-corrected chi connectivity index (χ0v) is 13.3. The van der Waals surface area contributed by atoms with Gasteiger partial charge in [0.1, 0.15) is 0 Å². The summed E-state index contributed by atoms with van der Waals surface area (Å²) >= 11 is 0. The lowest BCUT2D eigenvalue weighted by Gasteiger charge is -2.20. The largest absolute Gasteiger partial charge is 0.339 e. The summed E-state index contributed by atoms with van der Waals surface area (Å²) in [5.41, 5.74) is 4.24. The van der Waals surface area contributed by atoms with Gasteiger partial charge in [0.05, 0.1) is 0 Å². The molecule has 1 aromatic rings. The summed E-state index contributed by atoms with van der Waals surface area (Å²) in [4.78, 5) is 25.5. The first kappa shape index (κ1) is 15.5. The molecule has 1 aliphatic carbocycles. The number of nitrogens with zero attached hydrogens (tertiary/aromatic N) is 1. The van der Waals surface area contributed by atoms with E-state index in [0.29, 0.717) is 19.0 Å². The lowest BCUT2D eigenvalue weighted by atomic mass is 10.0. The first-order valence-corrected chi connectivity index (χ1v) is 7.53. The molecule has 0 spiro atoms. The van der Waals surface area contributed by atoms with E-state index in [0.717, 1.165) is 29.7 Å². The average molecular weight is 288 g/mol. The molecule has 0 heterocycles. The molecule has 1 saturated carbocycles. The number of aryl methyl sites for hydroxylation is 3. The molecular formula is C17H24N2O2. The fourth-order valence-corrected chi connectivity index (χ4v) is 2.78. The Morgan fingerprint density at radius 3 is 2.24 bits per heavy atom. The summed E-state index contributed by atoms with van der Waals surface area (Å²) < 4.78 is 0. The van der Waals surface area contributed by atoms with Crippen molar-refractivity contribution in [2.24, 2.45) is 0 Å². The van der Waals surface area contributed by atoms with Crippen LogP contribution in [0.3, 0.4) is 0 Å². The minimum Gasteiger partial charge on any atom is -0.339 e. The van der Waals surface area contributed by atoms with Crippen LogP contribution in [0, 0.1) is 20.8 Å². The molecule has 0 unspecified atom stereocenters. The molecule has 114 valence electrons. The first-order valence-electron chi connectivity index (χ1n) is 7.53. The molecule has 1 N–H and O–H groups in total. The number of carbonyl (C=O) groups is 2. The minimum absolute atomic E-state index is 0.0306. The van der Waals surface area contributed by atoms with Gasteiger partial charge in [-0.3, -0.25) is 9.59 Å². The normalized spacial score (nSPS) is 13.9. The first-order chi connectivity index (χ1) is 9.88. The van der Waals surface area contributed by atoms with Crippen molar-refractivity contribution in [2.75, 3.05) is 11.9 Å². The summed E-state index contributed by atoms with van der Waals surface area (Å²) in [7, 11) is 0. The number of anilines is 1.